The van der Waals surface area contributed by atoms with E-state index in [-0.39, 0.29) is 0 Å². The molecule has 0 bridgehead atoms. The molecule has 1 saturated heterocycles. The molecule has 0 saturated carbocycles. The Morgan fingerprint density at radius 1 is 1.56 bits per heavy atom. The summed E-state index contributed by atoms with van der Waals surface area (Å²) in [6.45, 7) is 10.6. The number of hydrazine groups is 1. The second-order valence-corrected chi connectivity index (χ2v) is 4.61. The van der Waals surface area contributed by atoms with E-state index in [4.69, 9.17) is 5.84 Å². The molecule has 0 radical (unpaired) electrons. The monoisotopic (exact) mass is 227 g/mol. The molecule has 1 rings (SSSR count). The Labute approximate surface area is 98.4 Å². The number of hydrogen-bond donors (Lipinski definition) is 3. The fourth-order valence-corrected chi connectivity index (χ4v) is 2.02. The molecule has 1 atom stereocenters. The second kappa shape index (κ2) is 6.70. The number of likely N-dealkylation sites (tertiary alicyclic amines) is 1. The first-order valence-corrected chi connectivity index (χ1v) is 6.16. The normalized spacial score (nSPS) is 22.8. The first kappa shape index (κ1) is 13.3. The lowest BCUT2D eigenvalue weighted by Crippen LogP contribution is -2.41. The van der Waals surface area contributed by atoms with Crippen LogP contribution in [0.25, 0.3) is 0 Å². The Morgan fingerprint density at radius 2 is 2.31 bits per heavy atom. The zero-order valence-electron chi connectivity index (χ0n) is 10.7. The molecular weight excluding hydrogens is 202 g/mol. The summed E-state index contributed by atoms with van der Waals surface area (Å²) in [6, 6.07) is 0.648. The van der Waals surface area contributed by atoms with Crippen LogP contribution in [0.15, 0.2) is 4.99 Å². The predicted molar refractivity (Wildman–Crippen MR) is 68.1 cm³/mol. The van der Waals surface area contributed by atoms with E-state index in [2.05, 4.69) is 34.5 Å². The molecule has 1 aliphatic heterocycles. The Kier molecular flexibility index (Phi) is 5.55. The van der Waals surface area contributed by atoms with Crippen molar-refractivity contribution in [2.75, 3.05) is 26.2 Å². The summed E-state index contributed by atoms with van der Waals surface area (Å²) >= 11 is 0. The number of nitrogens with zero attached hydrogens (tertiary/aromatic N) is 2. The van der Waals surface area contributed by atoms with Crippen LogP contribution in [0.2, 0.25) is 0 Å². The fraction of sp³-hybridized carbons (Fsp3) is 0.909. The molecule has 0 aromatic heterocycles. The van der Waals surface area contributed by atoms with Gasteiger partial charge < -0.3 is 10.2 Å². The van der Waals surface area contributed by atoms with Gasteiger partial charge in [-0.3, -0.25) is 10.4 Å². The molecule has 1 unspecified atom stereocenters. The number of nitrogens with two attached hydrogens (primary N) is 1. The van der Waals surface area contributed by atoms with Crippen LogP contribution in [0.3, 0.4) is 0 Å². The van der Waals surface area contributed by atoms with Gasteiger partial charge in [0.15, 0.2) is 0 Å². The van der Waals surface area contributed by atoms with Crippen molar-refractivity contribution in [2.45, 2.75) is 33.2 Å². The van der Waals surface area contributed by atoms with E-state index >= 15 is 0 Å². The quantitative estimate of drug-likeness (QED) is 0.277. The van der Waals surface area contributed by atoms with Crippen LogP contribution in [0.1, 0.15) is 27.2 Å². The largest absolute Gasteiger partial charge is 0.356 e. The molecule has 0 aliphatic carbocycles. The molecule has 5 heteroatoms. The zero-order chi connectivity index (χ0) is 12.0. The fourth-order valence-electron chi connectivity index (χ4n) is 2.02. The molecule has 0 amide bonds. The Hall–Kier alpha value is -0.810. The molecule has 1 aliphatic rings. The number of aliphatic imine (C=N–C) groups is 1. The average molecular weight is 227 g/mol. The minimum Gasteiger partial charge on any atom is -0.356 e. The van der Waals surface area contributed by atoms with Gasteiger partial charge in [0.25, 0.3) is 0 Å². The number of hydrogen-bond acceptors (Lipinski definition) is 3. The van der Waals surface area contributed by atoms with Crippen LogP contribution >= 0.6 is 0 Å². The van der Waals surface area contributed by atoms with Crippen LogP contribution in [-0.2, 0) is 0 Å². The maximum absolute atomic E-state index is 5.37. The first-order valence-electron chi connectivity index (χ1n) is 6.16. The highest BCUT2D eigenvalue weighted by Gasteiger charge is 2.23. The highest BCUT2D eigenvalue weighted by molar-refractivity contribution is 5.79. The van der Waals surface area contributed by atoms with Gasteiger partial charge in [0.2, 0.25) is 5.96 Å². The van der Waals surface area contributed by atoms with Crippen molar-refractivity contribution >= 4 is 5.96 Å². The summed E-state index contributed by atoms with van der Waals surface area (Å²) in [5.74, 6) is 6.74. The molecule has 0 spiro atoms. The van der Waals surface area contributed by atoms with Crippen molar-refractivity contribution in [3.8, 4) is 0 Å². The lowest BCUT2D eigenvalue weighted by atomic mass is 10.1. The van der Waals surface area contributed by atoms with Crippen LogP contribution in [0, 0.1) is 5.92 Å². The molecule has 4 N–H and O–H groups in total. The van der Waals surface area contributed by atoms with Crippen molar-refractivity contribution < 1.29 is 0 Å². The second-order valence-electron chi connectivity index (χ2n) is 4.61. The zero-order valence-corrected chi connectivity index (χ0v) is 10.7. The van der Waals surface area contributed by atoms with Crippen molar-refractivity contribution in [1.29, 1.82) is 0 Å². The summed E-state index contributed by atoms with van der Waals surface area (Å²) in [5.41, 5.74) is 2.59. The SMILES string of the molecule is CCNC(=NCC1CCN(C(C)C)C1)NN. The van der Waals surface area contributed by atoms with Gasteiger partial charge in [0.1, 0.15) is 0 Å². The molecule has 94 valence electrons. The van der Waals surface area contributed by atoms with Gasteiger partial charge in [-0.25, -0.2) is 5.84 Å². The van der Waals surface area contributed by atoms with Gasteiger partial charge in [0.05, 0.1) is 0 Å². The molecule has 1 heterocycles. The van der Waals surface area contributed by atoms with Crippen molar-refractivity contribution in [1.82, 2.24) is 15.6 Å². The van der Waals surface area contributed by atoms with Crippen molar-refractivity contribution in [3.63, 3.8) is 0 Å². The lowest BCUT2D eigenvalue weighted by molar-refractivity contribution is 0.266. The Balaban J connectivity index is 2.33. The Morgan fingerprint density at radius 3 is 2.81 bits per heavy atom. The van der Waals surface area contributed by atoms with E-state index in [1.165, 1.54) is 13.0 Å². The summed E-state index contributed by atoms with van der Waals surface area (Å²) in [4.78, 5) is 6.95. The number of guanidine groups is 1. The van der Waals surface area contributed by atoms with Gasteiger partial charge in [-0.2, -0.15) is 0 Å². The maximum atomic E-state index is 5.37. The topological polar surface area (TPSA) is 65.7 Å². The van der Waals surface area contributed by atoms with Gasteiger partial charge >= 0.3 is 0 Å². The minimum atomic E-state index is 0.648. The van der Waals surface area contributed by atoms with Crippen molar-refractivity contribution in [2.24, 2.45) is 16.8 Å². The summed E-state index contributed by atoms with van der Waals surface area (Å²) < 4.78 is 0. The summed E-state index contributed by atoms with van der Waals surface area (Å²) in [6.07, 6.45) is 1.24. The molecule has 1 fully saturated rings. The van der Waals surface area contributed by atoms with Gasteiger partial charge in [-0.15, -0.1) is 0 Å². The van der Waals surface area contributed by atoms with Crippen LogP contribution in [0.4, 0.5) is 0 Å². The number of nitrogens with one attached hydrogen (secondary N) is 2. The Bertz CT molecular complexity index is 226. The lowest BCUT2D eigenvalue weighted by Gasteiger charge is -2.19. The van der Waals surface area contributed by atoms with Crippen molar-refractivity contribution in [3.05, 3.63) is 0 Å². The van der Waals surface area contributed by atoms with E-state index in [9.17, 15) is 0 Å². The van der Waals surface area contributed by atoms with E-state index in [0.29, 0.717) is 17.9 Å². The third kappa shape index (κ3) is 3.98. The maximum Gasteiger partial charge on any atom is 0.205 e. The van der Waals surface area contributed by atoms with E-state index < -0.39 is 0 Å². The molecular formula is C11H25N5. The standard InChI is InChI=1S/C11H25N5/c1-4-13-11(15-12)14-7-10-5-6-16(8-10)9(2)3/h9-10H,4-8,12H2,1-3H3,(H2,13,14,15). The third-order valence-electron chi connectivity index (χ3n) is 3.04. The highest BCUT2D eigenvalue weighted by Crippen LogP contribution is 2.18. The predicted octanol–water partition coefficient (Wildman–Crippen LogP) is 0.146. The summed E-state index contributed by atoms with van der Waals surface area (Å²) in [7, 11) is 0. The van der Waals surface area contributed by atoms with E-state index in [1.807, 2.05) is 6.92 Å². The molecule has 5 nitrogen and oxygen atoms in total. The average Bonchev–Trinajstić information content (AvgIpc) is 2.73. The smallest absolute Gasteiger partial charge is 0.205 e. The van der Waals surface area contributed by atoms with Crippen LogP contribution in [-0.4, -0.2) is 43.1 Å². The van der Waals surface area contributed by atoms with Crippen LogP contribution in [0.5, 0.6) is 0 Å². The van der Waals surface area contributed by atoms with Gasteiger partial charge in [-0.1, -0.05) is 0 Å². The highest BCUT2D eigenvalue weighted by atomic mass is 15.3. The molecule has 0 aromatic rings. The van der Waals surface area contributed by atoms with Gasteiger partial charge in [0, 0.05) is 25.7 Å². The number of rotatable bonds is 4. The minimum absolute atomic E-state index is 0.648. The van der Waals surface area contributed by atoms with Crippen LogP contribution < -0.4 is 16.6 Å². The first-order chi connectivity index (χ1) is 7.67. The van der Waals surface area contributed by atoms with E-state index in [1.54, 1.807) is 0 Å². The van der Waals surface area contributed by atoms with Gasteiger partial charge in [-0.05, 0) is 39.7 Å². The molecule has 16 heavy (non-hydrogen) atoms. The third-order valence-corrected chi connectivity index (χ3v) is 3.04. The molecule has 0 aromatic carbocycles. The van der Waals surface area contributed by atoms with E-state index in [0.717, 1.165) is 19.6 Å². The summed E-state index contributed by atoms with van der Waals surface area (Å²) in [5, 5.41) is 3.09.